The summed E-state index contributed by atoms with van der Waals surface area (Å²) >= 11 is 0. The van der Waals surface area contributed by atoms with Crippen molar-refractivity contribution in [3.8, 4) is 0 Å². The maximum atomic E-state index is 12.9. The lowest BCUT2D eigenvalue weighted by molar-refractivity contribution is -0.139. The van der Waals surface area contributed by atoms with E-state index in [0.717, 1.165) is 69.8 Å². The van der Waals surface area contributed by atoms with Crippen LogP contribution in [-0.4, -0.2) is 56.3 Å². The van der Waals surface area contributed by atoms with E-state index in [-0.39, 0.29) is 17.4 Å². The molecular formula is C35H60N2O9. The molecule has 0 fully saturated rings. The van der Waals surface area contributed by atoms with Gasteiger partial charge in [-0.15, -0.1) is 0 Å². The Bertz CT molecular complexity index is 1020. The first kappa shape index (κ1) is 44.5. The second-order valence-electron chi connectivity index (χ2n) is 12.0. The zero-order chi connectivity index (χ0) is 35.7. The van der Waals surface area contributed by atoms with Gasteiger partial charge in [-0.1, -0.05) is 64.7 Å². The molecule has 1 aliphatic carbocycles. The van der Waals surface area contributed by atoms with Crippen molar-refractivity contribution in [2.45, 2.75) is 119 Å². The largest absolute Gasteiger partial charge is 0.462 e. The van der Waals surface area contributed by atoms with Gasteiger partial charge in [-0.2, -0.15) is 0 Å². The summed E-state index contributed by atoms with van der Waals surface area (Å²) in [5.74, 6) is 0.109. The Morgan fingerprint density at radius 1 is 0.739 bits per heavy atom. The highest BCUT2D eigenvalue weighted by atomic mass is 16.6. The van der Waals surface area contributed by atoms with Gasteiger partial charge in [-0.3, -0.25) is 4.79 Å². The van der Waals surface area contributed by atoms with Crippen LogP contribution in [-0.2, 0) is 33.3 Å². The number of Topliss-reactive ketones (excluding diaryl/α,β-unsaturated/α-hetero) is 1. The molecule has 0 aromatic carbocycles. The lowest BCUT2D eigenvalue weighted by atomic mass is 9.64. The lowest BCUT2D eigenvalue weighted by Crippen LogP contribution is -2.34. The third-order valence-corrected chi connectivity index (χ3v) is 7.34. The van der Waals surface area contributed by atoms with Crippen LogP contribution in [0.2, 0.25) is 0 Å². The molecule has 1 aliphatic rings. The van der Waals surface area contributed by atoms with Crippen molar-refractivity contribution in [1.82, 2.24) is 0 Å². The second kappa shape index (κ2) is 25.5. The quantitative estimate of drug-likeness (QED) is 0.0668. The zero-order valence-electron chi connectivity index (χ0n) is 29.4. The van der Waals surface area contributed by atoms with Crippen molar-refractivity contribution in [3.05, 3.63) is 35.5 Å². The molecular weight excluding hydrogens is 592 g/mol. The molecule has 0 aromatic rings. The highest BCUT2D eigenvalue weighted by molar-refractivity contribution is 5.97. The summed E-state index contributed by atoms with van der Waals surface area (Å²) in [5.41, 5.74) is 12.3. The van der Waals surface area contributed by atoms with Crippen LogP contribution < -0.4 is 11.5 Å². The molecule has 11 heteroatoms. The van der Waals surface area contributed by atoms with Gasteiger partial charge in [0.05, 0.1) is 26.4 Å². The summed E-state index contributed by atoms with van der Waals surface area (Å²) in [7, 11) is 0. The zero-order valence-corrected chi connectivity index (χ0v) is 29.4. The van der Waals surface area contributed by atoms with Crippen LogP contribution in [0.1, 0.15) is 119 Å². The van der Waals surface area contributed by atoms with Gasteiger partial charge < -0.3 is 30.4 Å². The summed E-state index contributed by atoms with van der Waals surface area (Å²) < 4.78 is 18.6. The molecule has 0 spiro atoms. The molecule has 0 saturated carbocycles. The minimum atomic E-state index is -0.711. The number of rotatable bonds is 18. The van der Waals surface area contributed by atoms with Gasteiger partial charge in [0, 0.05) is 17.6 Å². The van der Waals surface area contributed by atoms with E-state index in [4.69, 9.17) is 9.47 Å². The molecule has 0 aliphatic heterocycles. The third kappa shape index (κ3) is 22.0. The molecule has 46 heavy (non-hydrogen) atoms. The highest BCUT2D eigenvalue weighted by Crippen LogP contribution is 2.45. The number of esters is 2. The summed E-state index contributed by atoms with van der Waals surface area (Å²) in [4.78, 5) is 54.9. The van der Waals surface area contributed by atoms with Crippen LogP contribution in [0.15, 0.2) is 35.5 Å². The van der Waals surface area contributed by atoms with Crippen LogP contribution in [0.25, 0.3) is 0 Å². The van der Waals surface area contributed by atoms with Crippen LogP contribution in [0.5, 0.6) is 0 Å². The summed E-state index contributed by atoms with van der Waals surface area (Å²) in [6.45, 7) is 22.1. The summed E-state index contributed by atoms with van der Waals surface area (Å²) in [6, 6.07) is 0. The molecule has 1 atom stereocenters. The second-order valence-corrected chi connectivity index (χ2v) is 12.0. The maximum Gasteiger partial charge on any atom is 0.404 e. The molecule has 0 heterocycles. The Morgan fingerprint density at radius 3 is 1.52 bits per heavy atom. The smallest absolute Gasteiger partial charge is 0.404 e. The Kier molecular flexibility index (Phi) is 24.7. The van der Waals surface area contributed by atoms with E-state index in [9.17, 15) is 24.0 Å². The Labute approximate surface area is 276 Å². The average molecular weight is 653 g/mol. The van der Waals surface area contributed by atoms with Crippen molar-refractivity contribution in [2.75, 3.05) is 26.4 Å². The molecule has 0 radical (unpaired) electrons. The van der Waals surface area contributed by atoms with Crippen LogP contribution in [0.4, 0.5) is 9.59 Å². The summed E-state index contributed by atoms with van der Waals surface area (Å²) in [6.07, 6.45) is 9.10. The van der Waals surface area contributed by atoms with E-state index in [1.165, 1.54) is 5.57 Å². The van der Waals surface area contributed by atoms with E-state index < -0.39 is 12.2 Å². The normalized spacial score (nSPS) is 14.8. The molecule has 1 unspecified atom stereocenters. The third-order valence-electron chi connectivity index (χ3n) is 7.34. The van der Waals surface area contributed by atoms with E-state index in [0.29, 0.717) is 55.7 Å². The number of unbranched alkanes of at least 4 members (excludes halogenated alkanes) is 6. The number of hydrogen-bond donors (Lipinski definition) is 2. The fourth-order valence-corrected chi connectivity index (χ4v) is 5.03. The molecule has 2 amide bonds. The van der Waals surface area contributed by atoms with Crippen molar-refractivity contribution in [2.24, 2.45) is 22.8 Å². The van der Waals surface area contributed by atoms with E-state index in [1.54, 1.807) is 27.7 Å². The number of carbonyl (C=O) groups excluding carboxylic acids is 5. The van der Waals surface area contributed by atoms with Gasteiger partial charge in [-0.25, -0.2) is 19.2 Å². The van der Waals surface area contributed by atoms with E-state index in [1.807, 2.05) is 0 Å². The Morgan fingerprint density at radius 2 is 1.15 bits per heavy atom. The predicted octanol–water partition coefficient (Wildman–Crippen LogP) is 7.26. The van der Waals surface area contributed by atoms with Crippen molar-refractivity contribution in [1.29, 1.82) is 0 Å². The molecule has 4 N–H and O–H groups in total. The number of ketones is 1. The number of allylic oxidation sites excluding steroid dienone is 2. The molecule has 0 bridgehead atoms. The van der Waals surface area contributed by atoms with Crippen molar-refractivity contribution >= 4 is 29.9 Å². The van der Waals surface area contributed by atoms with Gasteiger partial charge in [-0.05, 0) is 83.6 Å². The maximum absolute atomic E-state index is 12.9. The average Bonchev–Trinajstić information content (AvgIpc) is 2.94. The SMILES string of the molecule is C=C(C)C(=O)OCCCCCCC1=C(C)C(CCCCCCOC(=O)C(=C)C)C(C)(C)CC1=O.CCOC(N)=O.CCOC(N)=O. The molecule has 0 saturated heterocycles. The number of ether oxygens (including phenoxy) is 4. The van der Waals surface area contributed by atoms with Gasteiger partial charge in [0.1, 0.15) is 0 Å². The standard InChI is InChI=1S/C29H46O5.2C3H7NO2/c1-21(2)27(31)33-18-14-10-8-12-16-24-23(5)25(29(6,7)20-26(24)30)17-13-9-11-15-19-34-28(32)22(3)4;2*1-2-6-3(4)5/h25H,1,3,8-20H2,2,4-7H3;2*2H2,1H3,(H2,4,5). The highest BCUT2D eigenvalue weighted by Gasteiger charge is 2.38. The number of primary amides is 2. The Balaban J connectivity index is 0. The summed E-state index contributed by atoms with van der Waals surface area (Å²) in [5, 5.41) is 0. The van der Waals surface area contributed by atoms with E-state index >= 15 is 0 Å². The van der Waals surface area contributed by atoms with Gasteiger partial charge >= 0.3 is 24.1 Å². The van der Waals surface area contributed by atoms with Crippen LogP contribution in [0.3, 0.4) is 0 Å². The first-order valence-corrected chi connectivity index (χ1v) is 16.2. The van der Waals surface area contributed by atoms with Gasteiger partial charge in [0.2, 0.25) is 0 Å². The fraction of sp³-hybridized carbons (Fsp3) is 0.686. The number of hydrogen-bond acceptors (Lipinski definition) is 9. The topological polar surface area (TPSA) is 174 Å². The predicted molar refractivity (Wildman–Crippen MR) is 180 cm³/mol. The van der Waals surface area contributed by atoms with Crippen molar-refractivity contribution in [3.63, 3.8) is 0 Å². The molecule has 0 aromatic heterocycles. The van der Waals surface area contributed by atoms with Crippen LogP contribution >= 0.6 is 0 Å². The first-order chi connectivity index (χ1) is 21.5. The van der Waals surface area contributed by atoms with Gasteiger partial charge in [0.25, 0.3) is 0 Å². The number of carbonyl (C=O) groups is 5. The van der Waals surface area contributed by atoms with Gasteiger partial charge in [0.15, 0.2) is 5.78 Å². The minimum Gasteiger partial charge on any atom is -0.462 e. The molecule has 11 nitrogen and oxygen atoms in total. The molecule has 1 rings (SSSR count). The Hall–Kier alpha value is -3.63. The monoisotopic (exact) mass is 652 g/mol. The van der Waals surface area contributed by atoms with Crippen LogP contribution in [0, 0.1) is 11.3 Å². The lowest BCUT2D eigenvalue weighted by Gasteiger charge is -2.40. The van der Waals surface area contributed by atoms with Crippen molar-refractivity contribution < 1.29 is 42.9 Å². The number of amides is 2. The molecule has 264 valence electrons. The fourth-order valence-electron chi connectivity index (χ4n) is 5.03. The van der Waals surface area contributed by atoms with E-state index in [2.05, 4.69) is 54.9 Å². The minimum absolute atomic E-state index is 0.00511. The first-order valence-electron chi connectivity index (χ1n) is 16.2. The number of nitrogens with two attached hydrogens (primary N) is 2.